The summed E-state index contributed by atoms with van der Waals surface area (Å²) in [5.41, 5.74) is 4.21. The molecule has 1 aliphatic carbocycles. The molecule has 1 aliphatic rings. The van der Waals surface area contributed by atoms with Gasteiger partial charge in [-0.3, -0.25) is 0 Å². The Kier molecular flexibility index (Phi) is 1.84. The average molecular weight is 223 g/mol. The number of rotatable bonds is 0. The minimum Gasteiger partial charge on any atom is -0.0766 e. The smallest absolute Gasteiger partial charge is 0.0210 e. The van der Waals surface area contributed by atoms with Gasteiger partial charge in [0.25, 0.3) is 0 Å². The molecule has 1 heteroatoms. The van der Waals surface area contributed by atoms with Gasteiger partial charge in [-0.05, 0) is 35.6 Å². The van der Waals surface area contributed by atoms with Crippen LogP contribution in [0.3, 0.4) is 0 Å². The number of allylic oxidation sites excluding steroid dienone is 1. The van der Waals surface area contributed by atoms with Gasteiger partial charge in [0.15, 0.2) is 0 Å². The van der Waals surface area contributed by atoms with Crippen molar-refractivity contribution in [3.63, 3.8) is 0 Å². The van der Waals surface area contributed by atoms with Crippen LogP contribution in [0.2, 0.25) is 0 Å². The van der Waals surface area contributed by atoms with Gasteiger partial charge in [-0.2, -0.15) is 0 Å². The van der Waals surface area contributed by atoms with Crippen molar-refractivity contribution in [3.8, 4) is 0 Å². The molecule has 0 amide bonds. The van der Waals surface area contributed by atoms with E-state index in [1.807, 2.05) is 0 Å². The highest BCUT2D eigenvalue weighted by atomic mass is 79.9. The molecular weight excluding hydrogens is 212 g/mol. The van der Waals surface area contributed by atoms with Gasteiger partial charge in [0.1, 0.15) is 0 Å². The minimum absolute atomic E-state index is 0.590. The average Bonchev–Trinajstić information content (AvgIpc) is 2.41. The number of benzene rings is 1. The Bertz CT molecular complexity index is 350. The lowest BCUT2D eigenvalue weighted by molar-refractivity contribution is 0.986. The van der Waals surface area contributed by atoms with Crippen LogP contribution < -0.4 is 0 Å². The molecule has 2 rings (SSSR count). The first-order chi connectivity index (χ1) is 5.70. The molecule has 0 fully saturated rings. The summed E-state index contributed by atoms with van der Waals surface area (Å²) < 4.78 is 1.21. The van der Waals surface area contributed by atoms with Gasteiger partial charge < -0.3 is 0 Å². The summed E-state index contributed by atoms with van der Waals surface area (Å²) in [5.74, 6) is 0.590. The topological polar surface area (TPSA) is 0 Å². The molecule has 1 atom stereocenters. The molecule has 0 aromatic heterocycles. The van der Waals surface area contributed by atoms with Crippen molar-refractivity contribution in [1.82, 2.24) is 0 Å². The number of hydrogen-bond donors (Lipinski definition) is 0. The Morgan fingerprint density at radius 3 is 2.83 bits per heavy atom. The summed E-state index contributed by atoms with van der Waals surface area (Å²) in [7, 11) is 0. The molecule has 1 aromatic rings. The first kappa shape index (κ1) is 8.06. The normalized spacial score (nSPS) is 19.8. The zero-order valence-electron chi connectivity index (χ0n) is 7.26. The van der Waals surface area contributed by atoms with Gasteiger partial charge in [-0.25, -0.2) is 0 Å². The van der Waals surface area contributed by atoms with Crippen LogP contribution in [0.15, 0.2) is 22.7 Å². The first-order valence-corrected chi connectivity index (χ1v) is 4.96. The zero-order chi connectivity index (χ0) is 8.72. The van der Waals surface area contributed by atoms with E-state index < -0.39 is 0 Å². The lowest BCUT2D eigenvalue weighted by atomic mass is 10.00. The van der Waals surface area contributed by atoms with Gasteiger partial charge in [-0.1, -0.05) is 41.1 Å². The van der Waals surface area contributed by atoms with Crippen molar-refractivity contribution in [3.05, 3.63) is 39.4 Å². The molecule has 1 aromatic carbocycles. The summed E-state index contributed by atoms with van der Waals surface area (Å²) in [4.78, 5) is 0. The fraction of sp³-hybridized carbons (Fsp3) is 0.273. The molecular formula is C11H11Br. The molecule has 0 saturated carbocycles. The zero-order valence-corrected chi connectivity index (χ0v) is 8.85. The molecule has 0 saturated heterocycles. The van der Waals surface area contributed by atoms with E-state index in [0.717, 1.165) is 0 Å². The van der Waals surface area contributed by atoms with Crippen molar-refractivity contribution in [2.24, 2.45) is 0 Å². The first-order valence-electron chi connectivity index (χ1n) is 4.17. The molecule has 0 nitrogen and oxygen atoms in total. The molecule has 1 unspecified atom stereocenters. The second-order valence-electron chi connectivity index (χ2n) is 3.32. The van der Waals surface area contributed by atoms with E-state index in [9.17, 15) is 0 Å². The quantitative estimate of drug-likeness (QED) is 0.625. The fourth-order valence-corrected chi connectivity index (χ4v) is 2.03. The van der Waals surface area contributed by atoms with E-state index in [0.29, 0.717) is 5.92 Å². The van der Waals surface area contributed by atoms with Crippen LogP contribution in [0, 0.1) is 6.92 Å². The van der Waals surface area contributed by atoms with Crippen molar-refractivity contribution in [2.75, 3.05) is 0 Å². The van der Waals surface area contributed by atoms with E-state index in [2.05, 4.69) is 54.1 Å². The Morgan fingerprint density at radius 1 is 1.33 bits per heavy atom. The Hall–Kier alpha value is -0.560. The molecule has 0 heterocycles. The number of fused-ring (bicyclic) bond motifs is 1. The molecule has 62 valence electrons. The summed E-state index contributed by atoms with van der Waals surface area (Å²) in [5, 5.41) is 0. The molecule has 0 N–H and O–H groups in total. The summed E-state index contributed by atoms with van der Waals surface area (Å²) in [6, 6.07) is 4.34. The van der Waals surface area contributed by atoms with Crippen LogP contribution in [0.1, 0.15) is 29.5 Å². The van der Waals surface area contributed by atoms with E-state index in [1.54, 1.807) is 0 Å². The standard InChI is InChI=1S/C11H11Br/c1-7-3-4-10-8(2)11(12)6-5-9(7)10/h3-7H,1-2H3. The highest BCUT2D eigenvalue weighted by Gasteiger charge is 2.15. The fourth-order valence-electron chi connectivity index (χ4n) is 1.69. The lowest BCUT2D eigenvalue weighted by Crippen LogP contribution is -1.90. The second kappa shape index (κ2) is 2.74. The van der Waals surface area contributed by atoms with Crippen molar-refractivity contribution < 1.29 is 0 Å². The van der Waals surface area contributed by atoms with Crippen LogP contribution >= 0.6 is 15.9 Å². The maximum atomic E-state index is 3.53. The summed E-state index contributed by atoms with van der Waals surface area (Å²) in [6.07, 6.45) is 4.48. The third-order valence-corrected chi connectivity index (χ3v) is 3.38. The van der Waals surface area contributed by atoms with Gasteiger partial charge in [0.2, 0.25) is 0 Å². The van der Waals surface area contributed by atoms with Crippen molar-refractivity contribution in [2.45, 2.75) is 19.8 Å². The van der Waals surface area contributed by atoms with Crippen molar-refractivity contribution in [1.29, 1.82) is 0 Å². The van der Waals surface area contributed by atoms with Gasteiger partial charge >= 0.3 is 0 Å². The molecule has 0 radical (unpaired) electrons. The van der Waals surface area contributed by atoms with Crippen LogP contribution in [0.5, 0.6) is 0 Å². The van der Waals surface area contributed by atoms with Crippen LogP contribution in [-0.4, -0.2) is 0 Å². The Balaban J connectivity index is 2.67. The van der Waals surface area contributed by atoms with E-state index >= 15 is 0 Å². The maximum absolute atomic E-state index is 3.53. The number of halogens is 1. The predicted octanol–water partition coefficient (Wildman–Crippen LogP) is 3.89. The monoisotopic (exact) mass is 222 g/mol. The van der Waals surface area contributed by atoms with E-state index in [1.165, 1.54) is 21.2 Å². The van der Waals surface area contributed by atoms with Crippen molar-refractivity contribution >= 4 is 22.0 Å². The van der Waals surface area contributed by atoms with Gasteiger partial charge in [0, 0.05) is 4.47 Å². The SMILES string of the molecule is Cc1c(Br)ccc2c1C=CC2C. The summed E-state index contributed by atoms with van der Waals surface area (Å²) in [6.45, 7) is 4.39. The third-order valence-electron chi connectivity index (χ3n) is 2.52. The van der Waals surface area contributed by atoms with Gasteiger partial charge in [-0.15, -0.1) is 0 Å². The lowest BCUT2D eigenvalue weighted by Gasteiger charge is -2.08. The Labute approximate surface area is 81.4 Å². The molecule has 0 aliphatic heterocycles. The van der Waals surface area contributed by atoms with Crippen LogP contribution in [0.4, 0.5) is 0 Å². The largest absolute Gasteiger partial charge is 0.0766 e. The predicted molar refractivity (Wildman–Crippen MR) is 56.3 cm³/mol. The van der Waals surface area contributed by atoms with Crippen LogP contribution in [-0.2, 0) is 0 Å². The highest BCUT2D eigenvalue weighted by molar-refractivity contribution is 9.10. The Morgan fingerprint density at radius 2 is 2.08 bits per heavy atom. The highest BCUT2D eigenvalue weighted by Crippen LogP contribution is 2.34. The van der Waals surface area contributed by atoms with E-state index in [4.69, 9.17) is 0 Å². The maximum Gasteiger partial charge on any atom is 0.0210 e. The van der Waals surface area contributed by atoms with Gasteiger partial charge in [0.05, 0.1) is 0 Å². The second-order valence-corrected chi connectivity index (χ2v) is 4.18. The molecule has 0 bridgehead atoms. The third kappa shape index (κ3) is 1.04. The minimum atomic E-state index is 0.590. The van der Waals surface area contributed by atoms with Crippen LogP contribution in [0.25, 0.3) is 6.08 Å². The molecule has 0 spiro atoms. The molecule has 12 heavy (non-hydrogen) atoms. The van der Waals surface area contributed by atoms with E-state index in [-0.39, 0.29) is 0 Å². The number of hydrogen-bond acceptors (Lipinski definition) is 0. The summed E-state index contributed by atoms with van der Waals surface area (Å²) >= 11 is 3.53.